The van der Waals surface area contributed by atoms with Crippen molar-refractivity contribution in [2.45, 2.75) is 11.3 Å². The highest BCUT2D eigenvalue weighted by Crippen LogP contribution is 2.32. The Morgan fingerprint density at radius 1 is 1.03 bits per heavy atom. The number of ether oxygens (including phenoxy) is 2. The van der Waals surface area contributed by atoms with E-state index in [0.717, 1.165) is 11.6 Å². The number of benzene rings is 3. The molecule has 0 saturated heterocycles. The number of methoxy groups -OCH3 is 2. The summed E-state index contributed by atoms with van der Waals surface area (Å²) in [6, 6.07) is 17.8. The highest BCUT2D eigenvalue weighted by molar-refractivity contribution is 7.92. The SMILES string of the molecule is COc1ccc(S(=O)(=O)N(CC(=O)Nc2ccc(CC#N)cc2)c2ccccc2F)cc1OC. The van der Waals surface area contributed by atoms with Gasteiger partial charge in [-0.05, 0) is 42.0 Å². The van der Waals surface area contributed by atoms with E-state index in [0.29, 0.717) is 15.7 Å². The Morgan fingerprint density at radius 3 is 2.32 bits per heavy atom. The number of rotatable bonds is 9. The molecule has 8 nitrogen and oxygen atoms in total. The lowest BCUT2D eigenvalue weighted by atomic mass is 10.1. The van der Waals surface area contributed by atoms with Crippen molar-refractivity contribution in [2.75, 3.05) is 30.4 Å². The highest BCUT2D eigenvalue weighted by Gasteiger charge is 2.30. The Labute approximate surface area is 197 Å². The van der Waals surface area contributed by atoms with Crippen molar-refractivity contribution in [1.29, 1.82) is 5.26 Å². The van der Waals surface area contributed by atoms with Crippen molar-refractivity contribution in [3.05, 3.63) is 78.1 Å². The minimum Gasteiger partial charge on any atom is -0.493 e. The number of halogens is 1. The van der Waals surface area contributed by atoms with Gasteiger partial charge in [-0.15, -0.1) is 0 Å². The van der Waals surface area contributed by atoms with Gasteiger partial charge in [0.1, 0.15) is 12.4 Å². The van der Waals surface area contributed by atoms with Crippen LogP contribution < -0.4 is 19.1 Å². The summed E-state index contributed by atoms with van der Waals surface area (Å²) >= 11 is 0. The number of amides is 1. The molecule has 0 atom stereocenters. The summed E-state index contributed by atoms with van der Waals surface area (Å²) in [7, 11) is -1.60. The third kappa shape index (κ3) is 5.44. The first-order valence-corrected chi connectivity index (χ1v) is 11.5. The Morgan fingerprint density at radius 2 is 1.71 bits per heavy atom. The molecule has 1 N–H and O–H groups in total. The number of carbonyl (C=O) groups is 1. The average Bonchev–Trinajstić information content (AvgIpc) is 2.84. The van der Waals surface area contributed by atoms with Crippen molar-refractivity contribution in [1.82, 2.24) is 0 Å². The molecular weight excluding hydrogens is 461 g/mol. The fourth-order valence-corrected chi connectivity index (χ4v) is 4.63. The van der Waals surface area contributed by atoms with E-state index in [1.54, 1.807) is 24.3 Å². The third-order valence-corrected chi connectivity index (χ3v) is 6.63. The molecule has 0 aliphatic rings. The smallest absolute Gasteiger partial charge is 0.265 e. The number of hydrogen-bond donors (Lipinski definition) is 1. The fraction of sp³-hybridized carbons (Fsp3) is 0.167. The van der Waals surface area contributed by atoms with Crippen molar-refractivity contribution in [2.24, 2.45) is 0 Å². The van der Waals surface area contributed by atoms with Gasteiger partial charge in [-0.25, -0.2) is 12.8 Å². The Hall–Kier alpha value is -4.10. The lowest BCUT2D eigenvalue weighted by molar-refractivity contribution is -0.114. The van der Waals surface area contributed by atoms with Gasteiger partial charge in [0.15, 0.2) is 11.5 Å². The van der Waals surface area contributed by atoms with E-state index in [1.807, 2.05) is 6.07 Å². The Kier molecular flexibility index (Phi) is 7.71. The van der Waals surface area contributed by atoms with Crippen LogP contribution in [0, 0.1) is 17.1 Å². The first-order valence-electron chi connectivity index (χ1n) is 10.0. The summed E-state index contributed by atoms with van der Waals surface area (Å²) in [5.41, 5.74) is 0.894. The molecule has 0 radical (unpaired) electrons. The molecule has 0 aliphatic carbocycles. The van der Waals surface area contributed by atoms with Crippen molar-refractivity contribution in [3.63, 3.8) is 0 Å². The van der Waals surface area contributed by atoms with Crippen molar-refractivity contribution < 1.29 is 27.1 Å². The maximum atomic E-state index is 14.6. The lowest BCUT2D eigenvalue weighted by Gasteiger charge is -2.25. The van der Waals surface area contributed by atoms with E-state index in [2.05, 4.69) is 5.32 Å². The number of anilines is 2. The molecule has 176 valence electrons. The van der Waals surface area contributed by atoms with E-state index in [1.165, 1.54) is 50.6 Å². The number of carbonyl (C=O) groups excluding carboxylic acids is 1. The number of nitriles is 1. The quantitative estimate of drug-likeness (QED) is 0.497. The van der Waals surface area contributed by atoms with Crippen LogP contribution in [0.2, 0.25) is 0 Å². The number of nitrogens with one attached hydrogen (secondary N) is 1. The van der Waals surface area contributed by atoms with Crippen LogP contribution in [0.1, 0.15) is 5.56 Å². The molecule has 1 amide bonds. The second kappa shape index (κ2) is 10.7. The van der Waals surface area contributed by atoms with Gasteiger partial charge in [0, 0.05) is 11.8 Å². The van der Waals surface area contributed by atoms with E-state index < -0.39 is 28.3 Å². The third-order valence-electron chi connectivity index (χ3n) is 4.87. The molecule has 3 aromatic rings. The molecule has 3 rings (SSSR count). The van der Waals surface area contributed by atoms with E-state index in [-0.39, 0.29) is 22.8 Å². The molecule has 0 fully saturated rings. The van der Waals surface area contributed by atoms with Gasteiger partial charge in [0.05, 0.1) is 37.3 Å². The highest BCUT2D eigenvalue weighted by atomic mass is 32.2. The Bertz CT molecular complexity index is 1320. The molecular formula is C24H22FN3O5S. The summed E-state index contributed by atoms with van der Waals surface area (Å²) in [6.45, 7) is -0.683. The molecule has 0 bridgehead atoms. The van der Waals surface area contributed by atoms with Crippen LogP contribution in [-0.4, -0.2) is 35.1 Å². The van der Waals surface area contributed by atoms with Gasteiger partial charge in [0.2, 0.25) is 5.91 Å². The maximum Gasteiger partial charge on any atom is 0.265 e. The second-order valence-electron chi connectivity index (χ2n) is 7.06. The monoisotopic (exact) mass is 483 g/mol. The van der Waals surface area contributed by atoms with Gasteiger partial charge < -0.3 is 14.8 Å². The zero-order valence-corrected chi connectivity index (χ0v) is 19.3. The van der Waals surface area contributed by atoms with Crippen LogP contribution in [0.25, 0.3) is 0 Å². The first-order chi connectivity index (χ1) is 16.3. The van der Waals surface area contributed by atoms with Crippen LogP contribution in [0.5, 0.6) is 11.5 Å². The minimum absolute atomic E-state index is 0.166. The predicted octanol–water partition coefficient (Wildman–Crippen LogP) is 3.74. The van der Waals surface area contributed by atoms with Crippen LogP contribution in [0.3, 0.4) is 0 Å². The molecule has 34 heavy (non-hydrogen) atoms. The molecule has 0 aliphatic heterocycles. The van der Waals surface area contributed by atoms with E-state index in [9.17, 15) is 17.6 Å². The summed E-state index contributed by atoms with van der Waals surface area (Å²) in [4.78, 5) is 12.6. The predicted molar refractivity (Wildman–Crippen MR) is 125 cm³/mol. The van der Waals surface area contributed by atoms with Gasteiger partial charge in [-0.1, -0.05) is 24.3 Å². The lowest BCUT2D eigenvalue weighted by Crippen LogP contribution is -2.38. The number of hydrogen-bond acceptors (Lipinski definition) is 6. The molecule has 3 aromatic carbocycles. The molecule has 0 spiro atoms. The van der Waals surface area contributed by atoms with Gasteiger partial charge in [-0.2, -0.15) is 5.26 Å². The van der Waals surface area contributed by atoms with E-state index >= 15 is 0 Å². The van der Waals surface area contributed by atoms with Gasteiger partial charge >= 0.3 is 0 Å². The van der Waals surface area contributed by atoms with E-state index in [4.69, 9.17) is 14.7 Å². The number of nitrogens with zero attached hydrogens (tertiary/aromatic N) is 2. The molecule has 0 unspecified atom stereocenters. The van der Waals surface area contributed by atoms with Crippen LogP contribution in [0.4, 0.5) is 15.8 Å². The van der Waals surface area contributed by atoms with Crippen LogP contribution in [-0.2, 0) is 21.2 Å². The summed E-state index contributed by atoms with van der Waals surface area (Å²) < 4.78 is 52.7. The van der Waals surface area contributed by atoms with Gasteiger partial charge in [-0.3, -0.25) is 9.10 Å². The largest absolute Gasteiger partial charge is 0.493 e. The number of sulfonamides is 1. The molecule has 0 saturated carbocycles. The van der Waals surface area contributed by atoms with Crippen LogP contribution >= 0.6 is 0 Å². The molecule has 0 aromatic heterocycles. The standard InChI is InChI=1S/C24H22FN3O5S/c1-32-22-12-11-19(15-23(22)33-2)34(30,31)28(21-6-4-3-5-20(21)25)16-24(29)27-18-9-7-17(8-10-18)13-14-26/h3-12,15H,13,16H2,1-2H3,(H,27,29). The first kappa shape index (κ1) is 24.5. The zero-order valence-electron chi connectivity index (χ0n) is 18.5. The number of para-hydroxylation sites is 1. The Balaban J connectivity index is 1.95. The molecule has 0 heterocycles. The normalized spacial score (nSPS) is 10.8. The zero-order chi connectivity index (χ0) is 24.7. The minimum atomic E-state index is -4.37. The maximum absolute atomic E-state index is 14.6. The topological polar surface area (TPSA) is 109 Å². The summed E-state index contributed by atoms with van der Waals surface area (Å²) in [5.74, 6) is -1.00. The fourth-order valence-electron chi connectivity index (χ4n) is 3.19. The van der Waals surface area contributed by atoms with Crippen molar-refractivity contribution >= 4 is 27.3 Å². The summed E-state index contributed by atoms with van der Waals surface area (Å²) in [6.07, 6.45) is 0.221. The molecule has 10 heteroatoms. The average molecular weight is 484 g/mol. The summed E-state index contributed by atoms with van der Waals surface area (Å²) in [5, 5.41) is 11.4. The van der Waals surface area contributed by atoms with Crippen molar-refractivity contribution in [3.8, 4) is 17.6 Å². The van der Waals surface area contributed by atoms with Crippen LogP contribution in [0.15, 0.2) is 71.6 Å². The second-order valence-corrected chi connectivity index (χ2v) is 8.92. The van der Waals surface area contributed by atoms with Gasteiger partial charge in [0.25, 0.3) is 10.0 Å².